The molecule has 0 heterocycles. The van der Waals surface area contributed by atoms with Crippen molar-refractivity contribution in [1.29, 1.82) is 0 Å². The third-order valence-electron chi connectivity index (χ3n) is 7.02. The van der Waals surface area contributed by atoms with Crippen LogP contribution in [0.25, 0.3) is 0 Å². The third kappa shape index (κ3) is 6.01. The fourth-order valence-electron chi connectivity index (χ4n) is 5.40. The molecule has 0 aliphatic heterocycles. The van der Waals surface area contributed by atoms with E-state index in [2.05, 4.69) is 16.8 Å². The van der Waals surface area contributed by atoms with Gasteiger partial charge < -0.3 is 18.7 Å². The van der Waals surface area contributed by atoms with Gasteiger partial charge in [-0.25, -0.2) is 0 Å². The predicted molar refractivity (Wildman–Crippen MR) is 116 cm³/mol. The molecule has 0 amide bonds. The number of ether oxygens (including phenoxy) is 1. The van der Waals surface area contributed by atoms with Crippen molar-refractivity contribution < 1.29 is 23.5 Å². The van der Waals surface area contributed by atoms with Gasteiger partial charge in [-0.1, -0.05) is 38.3 Å². The van der Waals surface area contributed by atoms with Crippen LogP contribution in [0.3, 0.4) is 0 Å². The Morgan fingerprint density at radius 1 is 1.27 bits per heavy atom. The molecule has 2 radical (unpaired) electrons. The fourth-order valence-corrected chi connectivity index (χ4v) is 5.52. The maximum Gasteiger partial charge on any atom is 0.484 e. The number of aliphatic hydroxyl groups excluding tert-OH is 2. The van der Waals surface area contributed by atoms with E-state index in [4.69, 9.17) is 4.74 Å². The van der Waals surface area contributed by atoms with E-state index in [0.29, 0.717) is 18.4 Å². The largest absolute Gasteiger partial charge is 0.628 e. The molecule has 0 aromatic heterocycles. The Labute approximate surface area is 188 Å². The molecule has 1 aromatic rings. The molecule has 2 aliphatic carbocycles. The number of carbonyl (C=O) groups is 1. The van der Waals surface area contributed by atoms with Gasteiger partial charge in [0.05, 0.1) is 25.2 Å². The molecule has 2 N–H and O–H groups in total. The Kier molecular flexibility index (Phi) is 9.07. The maximum atomic E-state index is 11.3. The highest BCUT2D eigenvalue weighted by Crippen LogP contribution is 2.48. The van der Waals surface area contributed by atoms with Crippen LogP contribution in [0.5, 0.6) is 5.75 Å². The second-order valence-electron chi connectivity index (χ2n) is 9.01. The molecule has 2 aliphatic rings. The molecule has 5 nitrogen and oxygen atoms in total. The van der Waals surface area contributed by atoms with E-state index in [1.54, 1.807) is 0 Å². The number of unbranched alkanes of at least 4 members (excludes halogenated alkanes) is 2. The van der Waals surface area contributed by atoms with Gasteiger partial charge in [-0.15, -0.1) is 0 Å². The number of carbonyl (C=O) groups excluding carboxylic acids is 1. The zero-order valence-corrected chi connectivity index (χ0v) is 19.2. The molecule has 1 saturated carbocycles. The molecule has 1 fully saturated rings. The Morgan fingerprint density at radius 3 is 2.87 bits per heavy atom. The van der Waals surface area contributed by atoms with Gasteiger partial charge >= 0.3 is 16.6 Å². The lowest BCUT2D eigenvalue weighted by Crippen LogP contribution is -2.28. The van der Waals surface area contributed by atoms with Crippen LogP contribution < -0.4 is 4.74 Å². The number of fused-ring (bicyclic) bond motifs is 2. The van der Waals surface area contributed by atoms with Gasteiger partial charge in [0.25, 0.3) is 5.97 Å². The van der Waals surface area contributed by atoms with Crippen molar-refractivity contribution >= 4 is 22.6 Å². The lowest BCUT2D eigenvalue weighted by molar-refractivity contribution is -0.134. The zero-order chi connectivity index (χ0) is 21.5. The number of benzene rings is 1. The lowest BCUT2D eigenvalue weighted by atomic mass is 9.73. The summed E-state index contributed by atoms with van der Waals surface area (Å²) in [4.78, 5) is 11.3. The summed E-state index contributed by atoms with van der Waals surface area (Å²) in [6.07, 6.45) is 8.39. The topological polar surface area (TPSA) is 76.0 Å². The Bertz CT molecular complexity index is 694. The third-order valence-corrected chi connectivity index (χ3v) is 7.28. The monoisotopic (exact) mass is 430 g/mol. The molecule has 0 bridgehead atoms. The standard InChI is InChI=1S/C24H36O5.Al/c1-2-3-4-7-18(25)9-10-19-20-13-16-6-5-8-23(29-12-11-24(27)28)21(16)14-17(20)15-22(19)26;/h5-6,8,17-20,22,25-26H,2-4,7,9-15H2,1H3,(H,27,28);/q;+1/p-1/t17-,18-,19+,20-,22+;/m0./s1. The number of rotatable bonds is 11. The van der Waals surface area contributed by atoms with Gasteiger partial charge in [-0.05, 0) is 73.5 Å². The summed E-state index contributed by atoms with van der Waals surface area (Å²) in [5, 5.41) is 21.1. The minimum Gasteiger partial charge on any atom is -0.628 e. The lowest BCUT2D eigenvalue weighted by Gasteiger charge is -2.32. The minimum absolute atomic E-state index is 0.223. The van der Waals surface area contributed by atoms with Crippen molar-refractivity contribution in [3.05, 3.63) is 29.3 Å². The average molecular weight is 431 g/mol. The second-order valence-corrected chi connectivity index (χ2v) is 9.24. The molecule has 164 valence electrons. The van der Waals surface area contributed by atoms with Crippen LogP contribution in [0, 0.1) is 17.8 Å². The predicted octanol–water partition coefficient (Wildman–Crippen LogP) is 3.52. The van der Waals surface area contributed by atoms with Gasteiger partial charge in [0.15, 0.2) is 0 Å². The van der Waals surface area contributed by atoms with Crippen LogP contribution >= 0.6 is 0 Å². The van der Waals surface area contributed by atoms with E-state index in [-0.39, 0.29) is 30.5 Å². The highest BCUT2D eigenvalue weighted by atomic mass is 27.1. The van der Waals surface area contributed by atoms with Crippen molar-refractivity contribution in [2.75, 3.05) is 6.61 Å². The summed E-state index contributed by atoms with van der Waals surface area (Å²) in [7, 11) is 0. The van der Waals surface area contributed by atoms with Crippen molar-refractivity contribution in [3.8, 4) is 5.75 Å². The quantitative estimate of drug-likeness (QED) is 0.415. The molecule has 0 unspecified atom stereocenters. The van der Waals surface area contributed by atoms with Crippen molar-refractivity contribution in [2.45, 2.75) is 83.3 Å². The zero-order valence-electron chi connectivity index (χ0n) is 18.1. The molecule has 0 saturated heterocycles. The van der Waals surface area contributed by atoms with Crippen LogP contribution in [0.4, 0.5) is 0 Å². The molecule has 3 rings (SSSR count). The number of hydrogen-bond acceptors (Lipinski definition) is 5. The van der Waals surface area contributed by atoms with Crippen molar-refractivity contribution in [3.63, 3.8) is 0 Å². The minimum atomic E-state index is -0.302. The smallest absolute Gasteiger partial charge is 0.484 e. The molecular formula is C24H35AlO5. The van der Waals surface area contributed by atoms with Crippen molar-refractivity contribution in [2.24, 2.45) is 17.8 Å². The summed E-state index contributed by atoms with van der Waals surface area (Å²) in [5.74, 6) is 1.75. The SMILES string of the molecule is CCCCC[C@H](O)CC[C@@H]1[C@H]2Cc3cccc(OCCC(=O)[O][Al])c3C[C@H]2C[C@H]1O. The van der Waals surface area contributed by atoms with E-state index in [0.717, 1.165) is 50.7 Å². The van der Waals surface area contributed by atoms with E-state index in [9.17, 15) is 15.0 Å². The van der Waals surface area contributed by atoms with E-state index in [1.165, 1.54) is 24.0 Å². The highest BCUT2D eigenvalue weighted by molar-refractivity contribution is 6.05. The normalized spacial score (nSPS) is 26.0. The first-order chi connectivity index (χ1) is 14.5. The van der Waals surface area contributed by atoms with Gasteiger partial charge in [0.2, 0.25) is 0 Å². The first-order valence-corrected chi connectivity index (χ1v) is 12.0. The summed E-state index contributed by atoms with van der Waals surface area (Å²) < 4.78 is 10.5. The first kappa shape index (κ1) is 23.6. The average Bonchev–Trinajstić information content (AvgIpc) is 3.04. The number of aliphatic hydroxyl groups is 2. The Morgan fingerprint density at radius 2 is 2.10 bits per heavy atom. The van der Waals surface area contributed by atoms with E-state index in [1.807, 2.05) is 28.8 Å². The van der Waals surface area contributed by atoms with Crippen LogP contribution in [-0.2, 0) is 21.4 Å². The Hall–Kier alpha value is -1.06. The van der Waals surface area contributed by atoms with Crippen LogP contribution in [0.2, 0.25) is 0 Å². The summed E-state index contributed by atoms with van der Waals surface area (Å²) in [5.41, 5.74) is 2.52. The van der Waals surface area contributed by atoms with Gasteiger partial charge in [0, 0.05) is 0 Å². The molecule has 6 heteroatoms. The summed E-state index contributed by atoms with van der Waals surface area (Å²) in [6, 6.07) is 6.15. The first-order valence-electron chi connectivity index (χ1n) is 11.5. The number of hydrogen-bond donors (Lipinski definition) is 2. The molecule has 1 aromatic carbocycles. The summed E-state index contributed by atoms with van der Waals surface area (Å²) >= 11 is 1.97. The molecule has 5 atom stereocenters. The fraction of sp³-hybridized carbons (Fsp3) is 0.708. The van der Waals surface area contributed by atoms with Gasteiger partial charge in [0.1, 0.15) is 5.75 Å². The van der Waals surface area contributed by atoms with Crippen LogP contribution in [0.1, 0.15) is 69.4 Å². The van der Waals surface area contributed by atoms with Crippen molar-refractivity contribution in [1.82, 2.24) is 0 Å². The molecular weight excluding hydrogens is 395 g/mol. The maximum absolute atomic E-state index is 11.3. The van der Waals surface area contributed by atoms with Gasteiger partial charge in [-0.3, -0.25) is 4.79 Å². The summed E-state index contributed by atoms with van der Waals surface area (Å²) in [6.45, 7) is 2.48. The second kappa shape index (κ2) is 11.5. The van der Waals surface area contributed by atoms with E-state index < -0.39 is 0 Å². The van der Waals surface area contributed by atoms with Crippen LogP contribution in [-0.4, -0.2) is 51.6 Å². The van der Waals surface area contributed by atoms with E-state index >= 15 is 0 Å². The Balaban J connectivity index is 1.59. The van der Waals surface area contributed by atoms with Crippen LogP contribution in [0.15, 0.2) is 18.2 Å². The highest BCUT2D eigenvalue weighted by Gasteiger charge is 2.44. The molecule has 30 heavy (non-hydrogen) atoms. The molecule has 0 spiro atoms. The van der Waals surface area contributed by atoms with Gasteiger partial charge in [-0.2, -0.15) is 0 Å².